The molecular weight excluding hydrogens is 336 g/mol. The van der Waals surface area contributed by atoms with E-state index in [0.29, 0.717) is 5.56 Å². The zero-order valence-electron chi connectivity index (χ0n) is 12.9. The fourth-order valence-corrected chi connectivity index (χ4v) is 3.29. The van der Waals surface area contributed by atoms with Crippen LogP contribution in [-0.2, 0) is 0 Å². The lowest BCUT2D eigenvalue weighted by molar-refractivity contribution is 0.0991. The Kier molecular flexibility index (Phi) is 3.66. The number of benzene rings is 2. The normalized spacial score (nSPS) is 14.4. The van der Waals surface area contributed by atoms with Crippen LogP contribution >= 0.6 is 11.3 Å². The lowest BCUT2D eigenvalue weighted by Gasteiger charge is -2.03. The summed E-state index contributed by atoms with van der Waals surface area (Å²) in [5.41, 5.74) is 7.72. The fourth-order valence-electron chi connectivity index (χ4n) is 2.64. The van der Waals surface area contributed by atoms with Crippen molar-refractivity contribution in [1.82, 2.24) is 4.98 Å². The van der Waals surface area contributed by atoms with Crippen molar-refractivity contribution in [3.05, 3.63) is 76.5 Å². The van der Waals surface area contributed by atoms with E-state index in [1.54, 1.807) is 41.8 Å². The number of hydrogen-bond donors (Lipinski definition) is 1. The average Bonchev–Trinajstić information content (AvgIpc) is 3.25. The number of primary amides is 1. The van der Waals surface area contributed by atoms with Gasteiger partial charge in [-0.2, -0.15) is 0 Å². The summed E-state index contributed by atoms with van der Waals surface area (Å²) >= 11 is 1.56. The fraction of sp³-hybridized carbons (Fsp3) is 0. The molecule has 4 rings (SSSR count). The third-order valence-electron chi connectivity index (χ3n) is 3.85. The molecule has 2 aromatic carbocycles. The van der Waals surface area contributed by atoms with E-state index in [4.69, 9.17) is 10.5 Å². The number of carbonyl (C=O) groups excluding carboxylic acids is 2. The van der Waals surface area contributed by atoms with Crippen molar-refractivity contribution >= 4 is 29.1 Å². The maximum atomic E-state index is 12.5. The first-order valence-corrected chi connectivity index (χ1v) is 8.38. The first-order valence-electron chi connectivity index (χ1n) is 7.50. The smallest absolute Gasteiger partial charge is 0.252 e. The molecule has 0 spiro atoms. The van der Waals surface area contributed by atoms with Crippen LogP contribution in [0.4, 0.5) is 0 Å². The van der Waals surface area contributed by atoms with Gasteiger partial charge in [0.15, 0.2) is 11.5 Å². The third-order valence-corrected chi connectivity index (χ3v) is 4.67. The number of aromatic nitrogens is 1. The monoisotopic (exact) mass is 348 g/mol. The number of thiazole rings is 1. The lowest BCUT2D eigenvalue weighted by Crippen LogP contribution is -2.11. The number of Topliss-reactive ketones (excluding diaryl/α,β-unsaturated/α-hetero) is 1. The van der Waals surface area contributed by atoms with Gasteiger partial charge in [-0.25, -0.2) is 4.98 Å². The Hall–Kier alpha value is -3.25. The summed E-state index contributed by atoms with van der Waals surface area (Å²) in [5.74, 6) is -0.489. The van der Waals surface area contributed by atoms with Crippen LogP contribution in [0.2, 0.25) is 0 Å². The summed E-state index contributed by atoms with van der Waals surface area (Å²) in [6.45, 7) is 0. The molecule has 0 atom stereocenters. The highest BCUT2D eigenvalue weighted by atomic mass is 32.1. The summed E-state index contributed by atoms with van der Waals surface area (Å²) < 4.78 is 5.62. The molecule has 0 fully saturated rings. The van der Waals surface area contributed by atoms with Gasteiger partial charge in [-0.15, -0.1) is 11.3 Å². The van der Waals surface area contributed by atoms with Crippen LogP contribution in [-0.4, -0.2) is 16.7 Å². The van der Waals surface area contributed by atoms with Gasteiger partial charge in [0, 0.05) is 17.1 Å². The minimum Gasteiger partial charge on any atom is -0.452 e. The topological polar surface area (TPSA) is 82.3 Å². The van der Waals surface area contributed by atoms with Gasteiger partial charge >= 0.3 is 0 Å². The molecule has 122 valence electrons. The van der Waals surface area contributed by atoms with Gasteiger partial charge in [0.05, 0.1) is 11.1 Å². The number of nitrogens with zero attached hydrogens (tertiary/aromatic N) is 1. The van der Waals surface area contributed by atoms with Crippen LogP contribution in [0.3, 0.4) is 0 Å². The molecule has 1 amide bonds. The van der Waals surface area contributed by atoms with Crippen molar-refractivity contribution in [3.8, 4) is 16.3 Å². The number of ketones is 1. The molecule has 0 saturated heterocycles. The first kappa shape index (κ1) is 15.3. The van der Waals surface area contributed by atoms with E-state index in [2.05, 4.69) is 4.98 Å². The number of amides is 1. The minimum atomic E-state index is -0.626. The van der Waals surface area contributed by atoms with Crippen molar-refractivity contribution in [1.29, 1.82) is 0 Å². The molecule has 1 aliphatic heterocycles. The van der Waals surface area contributed by atoms with Gasteiger partial charge in [-0.3, -0.25) is 9.59 Å². The van der Waals surface area contributed by atoms with Gasteiger partial charge in [-0.05, 0) is 23.8 Å². The Morgan fingerprint density at radius 2 is 1.96 bits per heavy atom. The van der Waals surface area contributed by atoms with E-state index >= 15 is 0 Å². The highest BCUT2D eigenvalue weighted by Crippen LogP contribution is 2.35. The Bertz CT molecular complexity index is 1010. The maximum Gasteiger partial charge on any atom is 0.252 e. The quantitative estimate of drug-likeness (QED) is 0.734. The average molecular weight is 348 g/mol. The highest BCUT2D eigenvalue weighted by molar-refractivity contribution is 7.13. The Balaban J connectivity index is 1.66. The number of hydrogen-bond acceptors (Lipinski definition) is 5. The largest absolute Gasteiger partial charge is 0.452 e. The summed E-state index contributed by atoms with van der Waals surface area (Å²) in [5, 5.41) is 2.86. The lowest BCUT2D eigenvalue weighted by atomic mass is 10.1. The molecule has 6 heteroatoms. The van der Waals surface area contributed by atoms with E-state index in [0.717, 1.165) is 16.1 Å². The highest BCUT2D eigenvalue weighted by Gasteiger charge is 2.30. The molecule has 0 radical (unpaired) electrons. The third kappa shape index (κ3) is 2.72. The number of fused-ring (bicyclic) bond motifs is 1. The number of nitrogens with two attached hydrogens (primary N) is 1. The van der Waals surface area contributed by atoms with Crippen LogP contribution in [0.15, 0.2) is 59.8 Å². The summed E-state index contributed by atoms with van der Waals surface area (Å²) in [6, 6.07) is 12.4. The number of carbonyl (C=O) groups is 2. The van der Waals surface area contributed by atoms with Crippen LogP contribution in [0.5, 0.6) is 5.75 Å². The predicted octanol–water partition coefficient (Wildman–Crippen LogP) is 3.53. The van der Waals surface area contributed by atoms with Gasteiger partial charge in [-0.1, -0.05) is 30.3 Å². The van der Waals surface area contributed by atoms with Gasteiger partial charge in [0.1, 0.15) is 5.01 Å². The number of allylic oxidation sites excluding steroid dienone is 1. The molecule has 1 aromatic heterocycles. The zero-order chi connectivity index (χ0) is 17.4. The Morgan fingerprint density at radius 1 is 1.16 bits per heavy atom. The van der Waals surface area contributed by atoms with E-state index in [-0.39, 0.29) is 22.9 Å². The van der Waals surface area contributed by atoms with Gasteiger partial charge in [0.2, 0.25) is 5.78 Å². The number of rotatable bonds is 3. The molecule has 2 N–H and O–H groups in total. The molecule has 0 aliphatic carbocycles. The maximum absolute atomic E-state index is 12.5. The standard InChI is InChI=1S/C19H12N2O3S/c20-18(23)14-3-1-2-13-16(22)15(24-17(13)14)10-11-4-6-12(7-5-11)19-21-8-9-25-19/h1-10H,(H2,20,23)/b15-10-. The van der Waals surface area contributed by atoms with Crippen molar-refractivity contribution in [3.63, 3.8) is 0 Å². The molecule has 1 aliphatic rings. The molecule has 25 heavy (non-hydrogen) atoms. The van der Waals surface area contributed by atoms with Crippen LogP contribution < -0.4 is 10.5 Å². The zero-order valence-corrected chi connectivity index (χ0v) is 13.7. The second-order valence-electron chi connectivity index (χ2n) is 5.45. The first-order chi connectivity index (χ1) is 12.1. The molecule has 0 saturated carbocycles. The van der Waals surface area contributed by atoms with Gasteiger partial charge in [0.25, 0.3) is 5.91 Å². The van der Waals surface area contributed by atoms with E-state index in [1.165, 1.54) is 0 Å². The predicted molar refractivity (Wildman–Crippen MR) is 95.4 cm³/mol. The van der Waals surface area contributed by atoms with Gasteiger partial charge < -0.3 is 10.5 Å². The summed E-state index contributed by atoms with van der Waals surface area (Å²) in [7, 11) is 0. The van der Waals surface area contributed by atoms with E-state index < -0.39 is 5.91 Å². The van der Waals surface area contributed by atoms with Crippen LogP contribution in [0.1, 0.15) is 26.3 Å². The summed E-state index contributed by atoms with van der Waals surface area (Å²) in [4.78, 5) is 28.2. The van der Waals surface area contributed by atoms with Crippen molar-refractivity contribution in [2.24, 2.45) is 5.73 Å². The SMILES string of the molecule is NC(=O)c1cccc2c1O/C(=C\c1ccc(-c3nccs3)cc1)C2=O. The second-order valence-corrected chi connectivity index (χ2v) is 6.34. The second kappa shape index (κ2) is 5.99. The number of para-hydroxylation sites is 1. The van der Waals surface area contributed by atoms with Crippen molar-refractivity contribution < 1.29 is 14.3 Å². The van der Waals surface area contributed by atoms with E-state index in [9.17, 15) is 9.59 Å². The van der Waals surface area contributed by atoms with Crippen molar-refractivity contribution in [2.45, 2.75) is 0 Å². The number of ether oxygens (including phenoxy) is 1. The molecule has 0 bridgehead atoms. The molecule has 2 heterocycles. The Morgan fingerprint density at radius 3 is 2.64 bits per heavy atom. The van der Waals surface area contributed by atoms with Crippen molar-refractivity contribution in [2.75, 3.05) is 0 Å². The molecular formula is C19H12N2O3S. The van der Waals surface area contributed by atoms with E-state index in [1.807, 2.05) is 29.6 Å². The molecule has 5 nitrogen and oxygen atoms in total. The minimum absolute atomic E-state index is 0.172. The Labute approximate surface area is 147 Å². The molecule has 3 aromatic rings. The molecule has 0 unspecified atom stereocenters. The van der Waals surface area contributed by atoms with Crippen LogP contribution in [0.25, 0.3) is 16.6 Å². The summed E-state index contributed by atoms with van der Waals surface area (Å²) in [6.07, 6.45) is 3.41. The van der Waals surface area contributed by atoms with Crippen LogP contribution in [0, 0.1) is 0 Å².